The van der Waals surface area contributed by atoms with Crippen LogP contribution in [-0.2, 0) is 16.2 Å². The molecule has 0 radical (unpaired) electrons. The Morgan fingerprint density at radius 1 is 1.52 bits per heavy atom. The number of aromatic nitrogens is 2. The molecule has 25 heavy (non-hydrogen) atoms. The monoisotopic (exact) mass is 410 g/mol. The molecule has 138 valence electrons. The minimum Gasteiger partial charge on any atom is -0.383 e. The Bertz CT molecular complexity index is 695. The number of nitrogens with zero attached hydrogens (tertiary/aromatic N) is 3. The third kappa shape index (κ3) is 4.93. The summed E-state index contributed by atoms with van der Waals surface area (Å²) in [7, 11) is 0. The van der Waals surface area contributed by atoms with Gasteiger partial charge in [0.2, 0.25) is 0 Å². The van der Waals surface area contributed by atoms with Crippen molar-refractivity contribution in [2.24, 2.45) is 16.3 Å². The quantitative estimate of drug-likeness (QED) is 0.252. The summed E-state index contributed by atoms with van der Waals surface area (Å²) in [6.45, 7) is 10.3. The van der Waals surface area contributed by atoms with Gasteiger partial charge in [-0.15, -0.1) is 0 Å². The highest BCUT2D eigenvalue weighted by molar-refractivity contribution is 9.10. The fourth-order valence-corrected chi connectivity index (χ4v) is 3.74. The van der Waals surface area contributed by atoms with E-state index in [1.54, 1.807) is 4.68 Å². The molecule has 1 fully saturated rings. The molecule has 0 amide bonds. The molecule has 1 aliphatic rings. The second kappa shape index (κ2) is 8.17. The number of halogens is 1. The smallest absolute Gasteiger partial charge is 0.335 e. The Morgan fingerprint density at radius 3 is 2.80 bits per heavy atom. The lowest BCUT2D eigenvalue weighted by molar-refractivity contribution is -0.147. The molecule has 1 saturated carbocycles. The van der Waals surface area contributed by atoms with Crippen molar-refractivity contribution >= 4 is 27.7 Å². The number of oxime groups is 1. The first-order chi connectivity index (χ1) is 11.8. The zero-order chi connectivity index (χ0) is 18.6. The number of aryl methyl sites for hydroxylation is 1. The SMILES string of the molecule is C=C1CCCC(CC)(CC(=O)O/N=C(\N)Cn2nc(C)c(Br)c2C)C1. The molecule has 1 atom stereocenters. The molecule has 1 heterocycles. The summed E-state index contributed by atoms with van der Waals surface area (Å²) >= 11 is 3.47. The summed E-state index contributed by atoms with van der Waals surface area (Å²) in [6, 6.07) is 0. The predicted molar refractivity (Wildman–Crippen MR) is 102 cm³/mol. The Labute approximate surface area is 157 Å². The average Bonchev–Trinajstić information content (AvgIpc) is 2.80. The molecule has 0 aliphatic heterocycles. The molecule has 0 spiro atoms. The fourth-order valence-electron chi connectivity index (χ4n) is 3.46. The number of hydrogen-bond donors (Lipinski definition) is 1. The summed E-state index contributed by atoms with van der Waals surface area (Å²) in [4.78, 5) is 17.3. The summed E-state index contributed by atoms with van der Waals surface area (Å²) in [6.07, 6.45) is 5.33. The van der Waals surface area contributed by atoms with Crippen molar-refractivity contribution in [2.75, 3.05) is 0 Å². The van der Waals surface area contributed by atoms with E-state index in [1.807, 2.05) is 13.8 Å². The number of rotatable bonds is 6. The molecule has 2 N–H and O–H groups in total. The minimum absolute atomic E-state index is 0.0444. The van der Waals surface area contributed by atoms with Crippen molar-refractivity contribution in [3.8, 4) is 0 Å². The molecule has 2 rings (SSSR count). The van der Waals surface area contributed by atoms with Gasteiger partial charge in [-0.2, -0.15) is 5.10 Å². The van der Waals surface area contributed by atoms with Gasteiger partial charge in [0.05, 0.1) is 22.3 Å². The van der Waals surface area contributed by atoms with Crippen molar-refractivity contribution in [2.45, 2.75) is 65.8 Å². The Balaban J connectivity index is 1.94. The van der Waals surface area contributed by atoms with Crippen LogP contribution in [0.25, 0.3) is 0 Å². The maximum atomic E-state index is 12.2. The molecule has 0 aromatic carbocycles. The second-order valence-corrected chi connectivity index (χ2v) is 7.79. The van der Waals surface area contributed by atoms with Crippen LogP contribution in [0.5, 0.6) is 0 Å². The topological polar surface area (TPSA) is 82.5 Å². The summed E-state index contributed by atoms with van der Waals surface area (Å²) in [5, 5.41) is 8.16. The van der Waals surface area contributed by atoms with E-state index in [2.05, 4.69) is 39.7 Å². The molecule has 6 nitrogen and oxygen atoms in total. The maximum Gasteiger partial charge on any atom is 0.335 e. The van der Waals surface area contributed by atoms with Gasteiger partial charge in [-0.05, 0) is 67.3 Å². The summed E-state index contributed by atoms with van der Waals surface area (Å²) in [5.74, 6) is -0.126. The molecule has 0 saturated heterocycles. The van der Waals surface area contributed by atoms with Crippen LogP contribution in [0.15, 0.2) is 21.8 Å². The zero-order valence-electron chi connectivity index (χ0n) is 15.3. The number of hydrogen-bond acceptors (Lipinski definition) is 4. The highest BCUT2D eigenvalue weighted by Gasteiger charge is 2.34. The van der Waals surface area contributed by atoms with E-state index in [9.17, 15) is 4.79 Å². The van der Waals surface area contributed by atoms with E-state index < -0.39 is 0 Å². The van der Waals surface area contributed by atoms with Gasteiger partial charge < -0.3 is 10.6 Å². The van der Waals surface area contributed by atoms with E-state index in [-0.39, 0.29) is 23.8 Å². The standard InChI is InChI=1S/C18H27BrN4O2/c1-5-18(8-6-7-12(2)9-18)10-16(24)25-22-15(20)11-23-14(4)17(19)13(3)21-23/h2,5-11H2,1,3-4H3,(H2,20,22). The Hall–Kier alpha value is -1.63. The van der Waals surface area contributed by atoms with Crippen molar-refractivity contribution in [3.05, 3.63) is 28.0 Å². The van der Waals surface area contributed by atoms with E-state index in [4.69, 9.17) is 10.6 Å². The lowest BCUT2D eigenvalue weighted by Crippen LogP contribution is -2.28. The van der Waals surface area contributed by atoms with Crippen molar-refractivity contribution in [3.63, 3.8) is 0 Å². The van der Waals surface area contributed by atoms with Crippen LogP contribution in [-0.4, -0.2) is 21.6 Å². The van der Waals surface area contributed by atoms with Gasteiger partial charge in [-0.1, -0.05) is 24.2 Å². The lowest BCUT2D eigenvalue weighted by Gasteiger charge is -2.36. The number of carbonyl (C=O) groups is 1. The van der Waals surface area contributed by atoms with Gasteiger partial charge in [0.1, 0.15) is 6.54 Å². The third-order valence-corrected chi connectivity index (χ3v) is 6.15. The largest absolute Gasteiger partial charge is 0.383 e. The highest BCUT2D eigenvalue weighted by Crippen LogP contribution is 2.44. The maximum absolute atomic E-state index is 12.2. The molecule has 0 bridgehead atoms. The molecule has 1 aromatic rings. The third-order valence-electron chi connectivity index (χ3n) is 5.00. The van der Waals surface area contributed by atoms with Crippen LogP contribution < -0.4 is 5.73 Å². The molecule has 1 unspecified atom stereocenters. The van der Waals surface area contributed by atoms with E-state index in [0.29, 0.717) is 6.42 Å². The van der Waals surface area contributed by atoms with Gasteiger partial charge in [0, 0.05) is 0 Å². The van der Waals surface area contributed by atoms with Crippen LogP contribution in [0.4, 0.5) is 0 Å². The first-order valence-corrected chi connectivity index (χ1v) is 9.44. The van der Waals surface area contributed by atoms with Crippen molar-refractivity contribution in [1.29, 1.82) is 0 Å². The summed E-state index contributed by atoms with van der Waals surface area (Å²) < 4.78 is 2.67. The number of allylic oxidation sites excluding steroid dienone is 1. The van der Waals surface area contributed by atoms with Gasteiger partial charge >= 0.3 is 5.97 Å². The predicted octanol–water partition coefficient (Wildman–Crippen LogP) is 3.99. The molecule has 1 aromatic heterocycles. The van der Waals surface area contributed by atoms with E-state index in [1.165, 1.54) is 5.57 Å². The van der Waals surface area contributed by atoms with Gasteiger partial charge in [-0.3, -0.25) is 4.68 Å². The first-order valence-electron chi connectivity index (χ1n) is 8.64. The van der Waals surface area contributed by atoms with Gasteiger partial charge in [0.25, 0.3) is 0 Å². The van der Waals surface area contributed by atoms with Crippen LogP contribution in [0.1, 0.15) is 56.8 Å². The average molecular weight is 411 g/mol. The van der Waals surface area contributed by atoms with E-state index >= 15 is 0 Å². The Kier molecular flexibility index (Phi) is 6.43. The molecule has 1 aliphatic carbocycles. The fraction of sp³-hybridized carbons (Fsp3) is 0.611. The summed E-state index contributed by atoms with van der Waals surface area (Å²) in [5.41, 5.74) is 8.89. The zero-order valence-corrected chi connectivity index (χ0v) is 16.9. The van der Waals surface area contributed by atoms with Crippen LogP contribution in [0.3, 0.4) is 0 Å². The van der Waals surface area contributed by atoms with Crippen molar-refractivity contribution in [1.82, 2.24) is 9.78 Å². The molecular formula is C18H27BrN4O2. The normalized spacial score (nSPS) is 21.4. The van der Waals surface area contributed by atoms with Crippen LogP contribution in [0, 0.1) is 19.3 Å². The van der Waals surface area contributed by atoms with Gasteiger partial charge in [-0.25, -0.2) is 4.79 Å². The second-order valence-electron chi connectivity index (χ2n) is 7.00. The number of carbonyl (C=O) groups excluding carboxylic acids is 1. The Morgan fingerprint density at radius 2 is 2.24 bits per heavy atom. The molecular weight excluding hydrogens is 384 g/mol. The van der Waals surface area contributed by atoms with Crippen LogP contribution in [0.2, 0.25) is 0 Å². The van der Waals surface area contributed by atoms with Gasteiger partial charge in [0.15, 0.2) is 5.84 Å². The number of amidine groups is 1. The number of nitrogens with two attached hydrogens (primary N) is 1. The van der Waals surface area contributed by atoms with Crippen molar-refractivity contribution < 1.29 is 9.63 Å². The molecule has 7 heteroatoms. The minimum atomic E-state index is -0.339. The first kappa shape index (κ1) is 19.7. The highest BCUT2D eigenvalue weighted by atomic mass is 79.9. The van der Waals surface area contributed by atoms with E-state index in [0.717, 1.165) is 48.0 Å². The lowest BCUT2D eigenvalue weighted by atomic mass is 9.69. The van der Waals surface area contributed by atoms with Crippen LogP contribution >= 0.6 is 15.9 Å².